The molecule has 0 heterocycles. The number of methoxy groups -OCH3 is 1. The minimum absolute atomic E-state index is 0.732. The van der Waals surface area contributed by atoms with E-state index in [1.54, 1.807) is 7.11 Å². The van der Waals surface area contributed by atoms with Crippen LogP contribution in [0.3, 0.4) is 0 Å². The normalized spacial score (nSPS) is 17.4. The first kappa shape index (κ1) is 11.5. The molecule has 0 aliphatic heterocycles. The first-order valence-electron chi connectivity index (χ1n) is 6.52. The molecule has 16 heavy (non-hydrogen) atoms. The van der Waals surface area contributed by atoms with Gasteiger partial charge in [0.1, 0.15) is 5.75 Å². The molecule has 1 aliphatic carbocycles. The fourth-order valence-corrected chi connectivity index (χ4v) is 2.87. The van der Waals surface area contributed by atoms with Crippen LogP contribution >= 0.6 is 0 Å². The Balaban J connectivity index is 2.30. The molecule has 0 saturated heterocycles. The topological polar surface area (TPSA) is 9.23 Å². The van der Waals surface area contributed by atoms with Gasteiger partial charge in [0, 0.05) is 0 Å². The number of para-hydroxylation sites is 1. The Morgan fingerprint density at radius 2 is 1.94 bits per heavy atom. The summed E-state index contributed by atoms with van der Waals surface area (Å²) in [6.07, 6.45) is 7.90. The first-order chi connectivity index (χ1) is 7.86. The van der Waals surface area contributed by atoms with Gasteiger partial charge in [-0.25, -0.2) is 0 Å². The van der Waals surface area contributed by atoms with E-state index in [0.29, 0.717) is 0 Å². The monoisotopic (exact) mass is 218 g/mol. The van der Waals surface area contributed by atoms with Gasteiger partial charge in [0.05, 0.1) is 7.11 Å². The Kier molecular flexibility index (Phi) is 3.87. The van der Waals surface area contributed by atoms with E-state index in [1.807, 2.05) is 0 Å². The molecule has 0 bridgehead atoms. The summed E-state index contributed by atoms with van der Waals surface area (Å²) in [6, 6.07) is 6.63. The SMILES string of the molecule is CCc1cccc(C2CCCCC2)c1OC. The number of aryl methyl sites for hydroxylation is 1. The molecule has 0 amide bonds. The van der Waals surface area contributed by atoms with Crippen LogP contribution in [-0.4, -0.2) is 7.11 Å². The molecule has 2 rings (SSSR count). The third-order valence-corrected chi connectivity index (χ3v) is 3.76. The summed E-state index contributed by atoms with van der Waals surface area (Å²) >= 11 is 0. The summed E-state index contributed by atoms with van der Waals surface area (Å²) in [5.74, 6) is 1.88. The lowest BCUT2D eigenvalue weighted by Gasteiger charge is -2.24. The van der Waals surface area contributed by atoms with Crippen LogP contribution in [0.15, 0.2) is 18.2 Å². The molecule has 88 valence electrons. The molecule has 0 spiro atoms. The number of hydrogen-bond donors (Lipinski definition) is 0. The molecule has 1 nitrogen and oxygen atoms in total. The van der Waals surface area contributed by atoms with Gasteiger partial charge in [0.15, 0.2) is 0 Å². The second kappa shape index (κ2) is 5.38. The Hall–Kier alpha value is -0.980. The van der Waals surface area contributed by atoms with E-state index in [9.17, 15) is 0 Å². The van der Waals surface area contributed by atoms with Gasteiger partial charge < -0.3 is 4.74 Å². The van der Waals surface area contributed by atoms with Crippen molar-refractivity contribution in [1.82, 2.24) is 0 Å². The van der Waals surface area contributed by atoms with Crippen molar-refractivity contribution in [3.8, 4) is 5.75 Å². The van der Waals surface area contributed by atoms with Crippen LogP contribution in [0.4, 0.5) is 0 Å². The van der Waals surface area contributed by atoms with E-state index in [2.05, 4.69) is 25.1 Å². The van der Waals surface area contributed by atoms with Crippen molar-refractivity contribution in [2.45, 2.75) is 51.4 Å². The maximum Gasteiger partial charge on any atom is 0.125 e. The fraction of sp³-hybridized carbons (Fsp3) is 0.600. The van der Waals surface area contributed by atoms with Crippen molar-refractivity contribution in [1.29, 1.82) is 0 Å². The van der Waals surface area contributed by atoms with Gasteiger partial charge in [-0.3, -0.25) is 0 Å². The predicted octanol–water partition coefficient (Wildman–Crippen LogP) is 4.31. The Labute approximate surface area is 98.8 Å². The highest BCUT2D eigenvalue weighted by molar-refractivity contribution is 5.43. The lowest BCUT2D eigenvalue weighted by Crippen LogP contribution is -2.07. The molecular weight excluding hydrogens is 196 g/mol. The van der Waals surface area contributed by atoms with Crippen molar-refractivity contribution < 1.29 is 4.74 Å². The molecule has 1 aromatic rings. The van der Waals surface area contributed by atoms with E-state index in [1.165, 1.54) is 43.2 Å². The first-order valence-corrected chi connectivity index (χ1v) is 6.52. The van der Waals surface area contributed by atoms with E-state index in [-0.39, 0.29) is 0 Å². The highest BCUT2D eigenvalue weighted by Gasteiger charge is 2.20. The van der Waals surface area contributed by atoms with Crippen molar-refractivity contribution in [2.75, 3.05) is 7.11 Å². The molecule has 0 atom stereocenters. The van der Waals surface area contributed by atoms with Crippen molar-refractivity contribution in [3.05, 3.63) is 29.3 Å². The number of rotatable bonds is 3. The summed E-state index contributed by atoms with van der Waals surface area (Å²) in [5.41, 5.74) is 2.80. The molecule has 1 heteroatoms. The molecule has 1 fully saturated rings. The summed E-state index contributed by atoms with van der Waals surface area (Å²) in [5, 5.41) is 0. The van der Waals surface area contributed by atoms with Crippen LogP contribution in [0.25, 0.3) is 0 Å². The summed E-state index contributed by atoms with van der Waals surface area (Å²) < 4.78 is 5.62. The number of ether oxygens (including phenoxy) is 1. The van der Waals surface area contributed by atoms with Gasteiger partial charge in [0.2, 0.25) is 0 Å². The minimum Gasteiger partial charge on any atom is -0.496 e. The Morgan fingerprint density at radius 3 is 2.56 bits per heavy atom. The highest BCUT2D eigenvalue weighted by Crippen LogP contribution is 2.38. The van der Waals surface area contributed by atoms with Crippen LogP contribution in [-0.2, 0) is 6.42 Å². The Bertz CT molecular complexity index is 337. The summed E-state index contributed by atoms with van der Waals surface area (Å²) in [6.45, 7) is 2.20. The maximum atomic E-state index is 5.62. The van der Waals surface area contributed by atoms with Crippen LogP contribution in [0.1, 0.15) is 56.1 Å². The van der Waals surface area contributed by atoms with Gasteiger partial charge in [-0.1, -0.05) is 44.4 Å². The van der Waals surface area contributed by atoms with E-state index in [4.69, 9.17) is 4.74 Å². The molecule has 0 N–H and O–H groups in total. The zero-order chi connectivity index (χ0) is 11.4. The maximum absolute atomic E-state index is 5.62. The zero-order valence-electron chi connectivity index (χ0n) is 10.5. The second-order valence-corrected chi connectivity index (χ2v) is 4.73. The van der Waals surface area contributed by atoms with Gasteiger partial charge in [-0.05, 0) is 36.3 Å². The van der Waals surface area contributed by atoms with Crippen LogP contribution < -0.4 is 4.74 Å². The lowest BCUT2D eigenvalue weighted by atomic mass is 9.83. The van der Waals surface area contributed by atoms with E-state index in [0.717, 1.165) is 18.1 Å². The van der Waals surface area contributed by atoms with E-state index < -0.39 is 0 Å². The van der Waals surface area contributed by atoms with Gasteiger partial charge in [0.25, 0.3) is 0 Å². The molecule has 1 aromatic carbocycles. The largest absolute Gasteiger partial charge is 0.496 e. The second-order valence-electron chi connectivity index (χ2n) is 4.73. The average Bonchev–Trinajstić information content (AvgIpc) is 2.38. The third-order valence-electron chi connectivity index (χ3n) is 3.76. The van der Waals surface area contributed by atoms with Crippen LogP contribution in [0, 0.1) is 0 Å². The molecule has 1 aliphatic rings. The smallest absolute Gasteiger partial charge is 0.125 e. The molecule has 0 aromatic heterocycles. The standard InChI is InChI=1S/C15H22O/c1-3-12-10-7-11-14(15(12)16-2)13-8-5-4-6-9-13/h7,10-11,13H,3-6,8-9H2,1-2H3. The fourth-order valence-electron chi connectivity index (χ4n) is 2.87. The molecule has 0 radical (unpaired) electrons. The van der Waals surface area contributed by atoms with Gasteiger partial charge in [-0.2, -0.15) is 0 Å². The average molecular weight is 218 g/mol. The minimum atomic E-state index is 0.732. The molecule has 0 unspecified atom stereocenters. The predicted molar refractivity (Wildman–Crippen MR) is 68.2 cm³/mol. The van der Waals surface area contributed by atoms with Crippen molar-refractivity contribution in [2.24, 2.45) is 0 Å². The molecular formula is C15H22O. The quantitative estimate of drug-likeness (QED) is 0.734. The van der Waals surface area contributed by atoms with Crippen LogP contribution in [0.5, 0.6) is 5.75 Å². The summed E-state index contributed by atoms with van der Waals surface area (Å²) in [4.78, 5) is 0. The number of benzene rings is 1. The van der Waals surface area contributed by atoms with E-state index >= 15 is 0 Å². The zero-order valence-corrected chi connectivity index (χ0v) is 10.5. The highest BCUT2D eigenvalue weighted by atomic mass is 16.5. The summed E-state index contributed by atoms with van der Waals surface area (Å²) in [7, 11) is 1.81. The number of hydrogen-bond acceptors (Lipinski definition) is 1. The Morgan fingerprint density at radius 1 is 1.19 bits per heavy atom. The lowest BCUT2D eigenvalue weighted by molar-refractivity contribution is 0.383. The van der Waals surface area contributed by atoms with Crippen molar-refractivity contribution in [3.63, 3.8) is 0 Å². The molecule has 1 saturated carbocycles. The van der Waals surface area contributed by atoms with Gasteiger partial charge in [-0.15, -0.1) is 0 Å². The van der Waals surface area contributed by atoms with Crippen molar-refractivity contribution >= 4 is 0 Å². The van der Waals surface area contributed by atoms with Gasteiger partial charge >= 0.3 is 0 Å². The van der Waals surface area contributed by atoms with Crippen LogP contribution in [0.2, 0.25) is 0 Å². The third kappa shape index (κ3) is 2.23.